The van der Waals surface area contributed by atoms with Gasteiger partial charge in [-0.05, 0) is 42.5 Å². The molecular weight excluding hydrogens is 294 g/mol. The van der Waals surface area contributed by atoms with E-state index in [-0.39, 0.29) is 16.2 Å². The van der Waals surface area contributed by atoms with Crippen molar-refractivity contribution in [3.8, 4) is 5.75 Å². The molecule has 8 heteroatoms. The largest absolute Gasteiger partial charge is 0.507 e. The molecule has 0 atom stereocenters. The van der Waals surface area contributed by atoms with Crippen molar-refractivity contribution in [3.05, 3.63) is 48.0 Å². The first-order chi connectivity index (χ1) is 9.90. The van der Waals surface area contributed by atoms with Crippen LogP contribution in [0, 0.1) is 0 Å². The van der Waals surface area contributed by atoms with E-state index in [0.717, 1.165) is 0 Å². The predicted molar refractivity (Wildman–Crippen MR) is 75.5 cm³/mol. The number of nitrogens with two attached hydrogens (primary N) is 1. The van der Waals surface area contributed by atoms with Gasteiger partial charge >= 0.3 is 0 Å². The molecule has 0 saturated heterocycles. The second-order valence-electron chi connectivity index (χ2n) is 4.10. The molecule has 0 saturated carbocycles. The first kappa shape index (κ1) is 14.8. The normalized spacial score (nSPS) is 11.7. The quantitative estimate of drug-likeness (QED) is 0.664. The summed E-state index contributed by atoms with van der Waals surface area (Å²) in [6.45, 7) is 0. The lowest BCUT2D eigenvalue weighted by Crippen LogP contribution is -2.11. The topological polar surface area (TPSA) is 122 Å². The molecular formula is C13H11N3O4S. The maximum atomic E-state index is 11.1. The number of hydrogen-bond acceptors (Lipinski definition) is 6. The highest BCUT2D eigenvalue weighted by Crippen LogP contribution is 2.24. The number of azo groups is 1. The Balaban J connectivity index is 2.23. The van der Waals surface area contributed by atoms with Gasteiger partial charge in [0, 0.05) is 0 Å². The summed E-state index contributed by atoms with van der Waals surface area (Å²) in [5.41, 5.74) is 0.907. The summed E-state index contributed by atoms with van der Waals surface area (Å²) >= 11 is 0. The van der Waals surface area contributed by atoms with Gasteiger partial charge in [-0.25, -0.2) is 13.6 Å². The maximum absolute atomic E-state index is 11.1. The van der Waals surface area contributed by atoms with E-state index in [1.165, 1.54) is 42.5 Å². The molecule has 21 heavy (non-hydrogen) atoms. The molecule has 7 nitrogen and oxygen atoms in total. The SMILES string of the molecule is NS(=O)(=O)c1ccc(N=Nc2ccc(O)c(C=O)c2)cc1. The van der Waals surface area contributed by atoms with Crippen molar-refractivity contribution in [3.63, 3.8) is 0 Å². The van der Waals surface area contributed by atoms with Crippen molar-refractivity contribution in [2.45, 2.75) is 4.90 Å². The van der Waals surface area contributed by atoms with Gasteiger partial charge < -0.3 is 5.11 Å². The molecule has 0 amide bonds. The van der Waals surface area contributed by atoms with E-state index in [1.54, 1.807) is 0 Å². The summed E-state index contributed by atoms with van der Waals surface area (Å²) in [4.78, 5) is 10.7. The van der Waals surface area contributed by atoms with Crippen LogP contribution in [-0.2, 0) is 10.0 Å². The third kappa shape index (κ3) is 3.71. The van der Waals surface area contributed by atoms with E-state index in [1.807, 2.05) is 0 Å². The number of hydrogen-bond donors (Lipinski definition) is 2. The van der Waals surface area contributed by atoms with Crippen LogP contribution in [0.2, 0.25) is 0 Å². The third-order valence-corrected chi connectivity index (χ3v) is 3.51. The summed E-state index contributed by atoms with van der Waals surface area (Å²) in [6.07, 6.45) is 0.509. The highest BCUT2D eigenvalue weighted by molar-refractivity contribution is 7.89. The number of phenolic OH excluding ortho intramolecular Hbond substituents is 1. The molecule has 108 valence electrons. The zero-order chi connectivity index (χ0) is 15.5. The van der Waals surface area contributed by atoms with Crippen molar-refractivity contribution in [1.82, 2.24) is 0 Å². The number of aldehydes is 1. The number of carbonyl (C=O) groups excluding carboxylic acids is 1. The molecule has 0 bridgehead atoms. The van der Waals surface area contributed by atoms with Crippen LogP contribution in [0.4, 0.5) is 11.4 Å². The Hall–Kier alpha value is -2.58. The third-order valence-electron chi connectivity index (χ3n) is 2.58. The molecule has 0 spiro atoms. The van der Waals surface area contributed by atoms with Crippen molar-refractivity contribution in [2.75, 3.05) is 0 Å². The van der Waals surface area contributed by atoms with Gasteiger partial charge in [-0.15, -0.1) is 0 Å². The highest BCUT2D eigenvalue weighted by Gasteiger charge is 2.06. The van der Waals surface area contributed by atoms with Gasteiger partial charge in [0.15, 0.2) is 6.29 Å². The van der Waals surface area contributed by atoms with Crippen LogP contribution >= 0.6 is 0 Å². The molecule has 0 aromatic heterocycles. The lowest BCUT2D eigenvalue weighted by atomic mass is 10.2. The minimum atomic E-state index is -3.74. The van der Waals surface area contributed by atoms with Gasteiger partial charge in [0.2, 0.25) is 10.0 Å². The van der Waals surface area contributed by atoms with E-state index in [4.69, 9.17) is 5.14 Å². The molecule has 0 unspecified atom stereocenters. The fourth-order valence-corrected chi connectivity index (χ4v) is 2.03. The summed E-state index contributed by atoms with van der Waals surface area (Å²) in [6, 6.07) is 9.74. The number of phenols is 1. The molecule has 2 aromatic rings. The van der Waals surface area contributed by atoms with Crippen molar-refractivity contribution < 1.29 is 18.3 Å². The van der Waals surface area contributed by atoms with E-state index in [0.29, 0.717) is 17.7 Å². The Morgan fingerprint density at radius 2 is 1.57 bits per heavy atom. The second kappa shape index (κ2) is 5.81. The first-order valence-electron chi connectivity index (χ1n) is 5.73. The standard InChI is InChI=1S/C13H11N3O4S/c14-21(19,20)12-4-1-10(2-5-12)15-16-11-3-6-13(18)9(7-11)8-17/h1-8,18H,(H2,14,19,20). The number of benzene rings is 2. The van der Waals surface area contributed by atoms with Crippen molar-refractivity contribution in [1.29, 1.82) is 0 Å². The molecule has 0 fully saturated rings. The molecule has 0 aliphatic carbocycles. The zero-order valence-corrected chi connectivity index (χ0v) is 11.5. The van der Waals surface area contributed by atoms with Gasteiger partial charge in [0.05, 0.1) is 21.8 Å². The number of rotatable bonds is 4. The summed E-state index contributed by atoms with van der Waals surface area (Å²) in [7, 11) is -3.74. The van der Waals surface area contributed by atoms with Crippen molar-refractivity contribution in [2.24, 2.45) is 15.4 Å². The average molecular weight is 305 g/mol. The molecule has 0 aliphatic heterocycles. The van der Waals surface area contributed by atoms with Gasteiger partial charge in [-0.2, -0.15) is 10.2 Å². The van der Waals surface area contributed by atoms with E-state index in [2.05, 4.69) is 10.2 Å². The summed E-state index contributed by atoms with van der Waals surface area (Å²) in [5, 5.41) is 22.1. The van der Waals surface area contributed by atoms with Crippen LogP contribution in [-0.4, -0.2) is 19.8 Å². The Kier molecular flexibility index (Phi) is 4.10. The minimum absolute atomic E-state index is 0.0191. The lowest BCUT2D eigenvalue weighted by molar-refractivity contribution is 0.112. The van der Waals surface area contributed by atoms with Gasteiger partial charge in [0.25, 0.3) is 0 Å². The Labute approximate surface area is 120 Å². The zero-order valence-electron chi connectivity index (χ0n) is 10.7. The minimum Gasteiger partial charge on any atom is -0.507 e. The first-order valence-corrected chi connectivity index (χ1v) is 7.27. The maximum Gasteiger partial charge on any atom is 0.238 e. The smallest absolute Gasteiger partial charge is 0.238 e. The monoisotopic (exact) mass is 305 g/mol. The van der Waals surface area contributed by atoms with E-state index >= 15 is 0 Å². The van der Waals surface area contributed by atoms with Crippen LogP contribution < -0.4 is 5.14 Å². The van der Waals surface area contributed by atoms with E-state index < -0.39 is 10.0 Å². The molecule has 0 radical (unpaired) electrons. The number of sulfonamides is 1. The van der Waals surface area contributed by atoms with Gasteiger partial charge in [-0.3, -0.25) is 4.79 Å². The van der Waals surface area contributed by atoms with Crippen LogP contribution in [0.3, 0.4) is 0 Å². The lowest BCUT2D eigenvalue weighted by Gasteiger charge is -1.99. The summed E-state index contributed by atoms with van der Waals surface area (Å²) < 4.78 is 22.2. The predicted octanol–water partition coefficient (Wildman–Crippen LogP) is 2.27. The Morgan fingerprint density at radius 3 is 2.14 bits per heavy atom. The Bertz CT molecular complexity index is 799. The fourth-order valence-electron chi connectivity index (χ4n) is 1.52. The van der Waals surface area contributed by atoms with Crippen LogP contribution in [0.1, 0.15) is 10.4 Å². The highest BCUT2D eigenvalue weighted by atomic mass is 32.2. The number of carbonyl (C=O) groups is 1. The van der Waals surface area contributed by atoms with Crippen LogP contribution in [0.15, 0.2) is 57.6 Å². The van der Waals surface area contributed by atoms with Crippen LogP contribution in [0.5, 0.6) is 5.75 Å². The molecule has 2 rings (SSSR count). The van der Waals surface area contributed by atoms with Crippen LogP contribution in [0.25, 0.3) is 0 Å². The van der Waals surface area contributed by atoms with Gasteiger partial charge in [0.1, 0.15) is 5.75 Å². The van der Waals surface area contributed by atoms with E-state index in [9.17, 15) is 18.3 Å². The van der Waals surface area contributed by atoms with Gasteiger partial charge in [-0.1, -0.05) is 0 Å². The number of primary sulfonamides is 1. The number of nitrogens with zero attached hydrogens (tertiary/aromatic N) is 2. The summed E-state index contributed by atoms with van der Waals surface area (Å²) in [5.74, 6) is -0.138. The second-order valence-corrected chi connectivity index (χ2v) is 5.66. The Morgan fingerprint density at radius 1 is 1.00 bits per heavy atom. The fraction of sp³-hybridized carbons (Fsp3) is 0. The molecule has 0 aliphatic rings. The molecule has 3 N–H and O–H groups in total. The van der Waals surface area contributed by atoms with Crippen molar-refractivity contribution >= 4 is 27.7 Å². The number of aromatic hydroxyl groups is 1. The molecule has 0 heterocycles. The average Bonchev–Trinajstić information content (AvgIpc) is 2.46. The molecule has 2 aromatic carbocycles.